The van der Waals surface area contributed by atoms with Crippen molar-refractivity contribution in [1.82, 2.24) is 0 Å². The number of hydrogen-bond donors (Lipinski definition) is 0. The molecular weight excluding hydrogens is 544 g/mol. The maximum absolute atomic E-state index is 14.0. The Hall–Kier alpha value is -2.74. The first-order valence-electron chi connectivity index (χ1n) is 15.9. The number of Topliss-reactive ketones (excluding diaryl/α,β-unsaturated/α-hetero) is 1. The molecule has 2 aliphatic heterocycles. The molecule has 2 bridgehead atoms. The Kier molecular flexibility index (Phi) is 11.4. The van der Waals surface area contributed by atoms with Crippen LogP contribution in [0.1, 0.15) is 78.7 Å². The molecule has 236 valence electrons. The number of ether oxygens (including phenoxy) is 5. The van der Waals surface area contributed by atoms with Gasteiger partial charge in [-0.1, -0.05) is 84.0 Å². The van der Waals surface area contributed by atoms with Crippen LogP contribution < -0.4 is 4.74 Å². The van der Waals surface area contributed by atoms with Gasteiger partial charge in [0, 0.05) is 29.2 Å². The highest BCUT2D eigenvalue weighted by Gasteiger charge is 2.46. The zero-order valence-electron chi connectivity index (χ0n) is 27.0. The summed E-state index contributed by atoms with van der Waals surface area (Å²) in [6, 6.07) is 17.6. The van der Waals surface area contributed by atoms with Crippen molar-refractivity contribution in [2.45, 2.75) is 98.6 Å². The highest BCUT2D eigenvalue weighted by Crippen LogP contribution is 2.42. The molecule has 7 nitrogen and oxygen atoms in total. The van der Waals surface area contributed by atoms with Gasteiger partial charge in [0.2, 0.25) is 0 Å². The number of hydrogen-bond acceptors (Lipinski definition) is 7. The van der Waals surface area contributed by atoms with E-state index in [0.717, 1.165) is 16.9 Å². The van der Waals surface area contributed by atoms with Gasteiger partial charge in [0.25, 0.3) is 0 Å². The van der Waals surface area contributed by atoms with Crippen molar-refractivity contribution in [1.29, 1.82) is 0 Å². The molecule has 2 aliphatic rings. The third-order valence-electron chi connectivity index (χ3n) is 9.62. The van der Waals surface area contributed by atoms with E-state index in [2.05, 4.69) is 13.8 Å². The van der Waals surface area contributed by atoms with Gasteiger partial charge in [-0.15, -0.1) is 0 Å². The molecule has 43 heavy (non-hydrogen) atoms. The Labute approximate surface area is 257 Å². The number of esters is 1. The van der Waals surface area contributed by atoms with Crippen LogP contribution in [0.3, 0.4) is 0 Å². The molecule has 0 radical (unpaired) electrons. The van der Waals surface area contributed by atoms with E-state index in [4.69, 9.17) is 23.7 Å². The van der Waals surface area contributed by atoms with E-state index in [1.54, 1.807) is 7.11 Å². The van der Waals surface area contributed by atoms with Crippen molar-refractivity contribution in [3.63, 3.8) is 0 Å². The molecule has 2 aromatic carbocycles. The number of rotatable bonds is 6. The lowest BCUT2D eigenvalue weighted by molar-refractivity contribution is -0.290. The van der Waals surface area contributed by atoms with Crippen LogP contribution in [-0.4, -0.2) is 43.3 Å². The largest absolute Gasteiger partial charge is 0.497 e. The first-order chi connectivity index (χ1) is 20.5. The second-order valence-corrected chi connectivity index (χ2v) is 12.8. The van der Waals surface area contributed by atoms with Gasteiger partial charge in [-0.2, -0.15) is 0 Å². The molecule has 2 fully saturated rings. The fourth-order valence-corrected chi connectivity index (χ4v) is 7.00. The Morgan fingerprint density at radius 1 is 0.814 bits per heavy atom. The van der Waals surface area contributed by atoms with Gasteiger partial charge < -0.3 is 23.7 Å². The number of fused-ring (bicyclic) bond motifs is 2. The Balaban J connectivity index is 1.66. The SMILES string of the molecule is CC[C@H]1OC(=O)[C@H](C)[C@H]2OC(c3ccc(OC)cc3)O[C@H]([C@H]2C)[C@@H](C)CC(C)C(=O)[C@H](C)C(OCc2ccccc2)[C@@H]1C. The Morgan fingerprint density at radius 3 is 2.09 bits per heavy atom. The molecule has 11 atom stereocenters. The maximum atomic E-state index is 14.0. The van der Waals surface area contributed by atoms with Gasteiger partial charge in [-0.25, -0.2) is 0 Å². The number of methoxy groups -OCH3 is 1. The number of cyclic esters (lactones) is 1. The summed E-state index contributed by atoms with van der Waals surface area (Å²) < 4.78 is 31.2. The van der Waals surface area contributed by atoms with E-state index >= 15 is 0 Å². The summed E-state index contributed by atoms with van der Waals surface area (Å²) in [7, 11) is 1.63. The van der Waals surface area contributed by atoms with Crippen LogP contribution in [0.25, 0.3) is 0 Å². The predicted molar refractivity (Wildman–Crippen MR) is 165 cm³/mol. The molecule has 3 unspecified atom stereocenters. The first kappa shape index (κ1) is 33.2. The van der Waals surface area contributed by atoms with Gasteiger partial charge in [0.15, 0.2) is 6.29 Å². The summed E-state index contributed by atoms with van der Waals surface area (Å²) >= 11 is 0. The third kappa shape index (κ3) is 7.68. The highest BCUT2D eigenvalue weighted by atomic mass is 16.7. The van der Waals surface area contributed by atoms with Gasteiger partial charge >= 0.3 is 5.97 Å². The Bertz CT molecular complexity index is 1180. The van der Waals surface area contributed by atoms with Gasteiger partial charge in [-0.3, -0.25) is 9.59 Å². The molecule has 7 heteroatoms. The summed E-state index contributed by atoms with van der Waals surface area (Å²) in [6.45, 7) is 14.5. The summed E-state index contributed by atoms with van der Waals surface area (Å²) in [5.74, 6) is -0.717. The minimum Gasteiger partial charge on any atom is -0.497 e. The molecule has 0 aliphatic carbocycles. The number of carbonyl (C=O) groups excluding carboxylic acids is 2. The van der Waals surface area contributed by atoms with Crippen molar-refractivity contribution >= 4 is 11.8 Å². The van der Waals surface area contributed by atoms with Crippen molar-refractivity contribution in [3.8, 4) is 5.75 Å². The summed E-state index contributed by atoms with van der Waals surface area (Å²) in [5.41, 5.74) is 1.89. The molecule has 0 spiro atoms. The number of carbonyl (C=O) groups is 2. The van der Waals surface area contributed by atoms with Crippen LogP contribution in [0.2, 0.25) is 0 Å². The van der Waals surface area contributed by atoms with Crippen LogP contribution >= 0.6 is 0 Å². The molecule has 2 aromatic rings. The topological polar surface area (TPSA) is 80.3 Å². The fourth-order valence-electron chi connectivity index (χ4n) is 7.00. The number of ketones is 1. The summed E-state index contributed by atoms with van der Waals surface area (Å²) in [6.07, 6.45) is -0.842. The third-order valence-corrected chi connectivity index (χ3v) is 9.62. The highest BCUT2D eigenvalue weighted by molar-refractivity contribution is 5.83. The van der Waals surface area contributed by atoms with E-state index in [1.807, 2.05) is 89.2 Å². The minimum atomic E-state index is -0.649. The molecule has 0 saturated carbocycles. The smallest absolute Gasteiger partial charge is 0.311 e. The van der Waals surface area contributed by atoms with Crippen LogP contribution in [0.5, 0.6) is 5.75 Å². The van der Waals surface area contributed by atoms with Crippen LogP contribution in [0.15, 0.2) is 54.6 Å². The van der Waals surface area contributed by atoms with Crippen LogP contribution in [-0.2, 0) is 35.1 Å². The van der Waals surface area contributed by atoms with Gasteiger partial charge in [0.1, 0.15) is 17.6 Å². The second kappa shape index (κ2) is 14.8. The normalized spacial score (nSPS) is 36.0. The zero-order chi connectivity index (χ0) is 31.3. The van der Waals surface area contributed by atoms with Gasteiger partial charge in [0.05, 0.1) is 37.9 Å². The van der Waals surface area contributed by atoms with Crippen molar-refractivity contribution in [2.24, 2.45) is 35.5 Å². The molecule has 2 heterocycles. The maximum Gasteiger partial charge on any atom is 0.311 e. The van der Waals surface area contributed by atoms with Crippen molar-refractivity contribution in [2.75, 3.05) is 7.11 Å². The lowest BCUT2D eigenvalue weighted by Crippen LogP contribution is -2.50. The summed E-state index contributed by atoms with van der Waals surface area (Å²) in [4.78, 5) is 27.7. The minimum absolute atomic E-state index is 0.0453. The molecular formula is C36H50O7. The lowest BCUT2D eigenvalue weighted by Gasteiger charge is -2.45. The predicted octanol–water partition coefficient (Wildman–Crippen LogP) is 7.17. The average Bonchev–Trinajstić information content (AvgIpc) is 3.02. The standard InChI is InChI=1S/C36H50O7/c1-9-30-23(4)33(40-20-27-13-11-10-12-14-27)24(5)31(37)21(2)19-22(3)32-25(6)34(26(7)35(38)41-30)43-36(42-32)28-15-17-29(39-8)18-16-28/h10-18,21-26,30,32-34,36H,9,19-20H2,1-8H3/t21?,22-,23+,24-,25+,26+,30+,32-,33?,34-,36?/m0/s1. The van der Waals surface area contributed by atoms with Crippen molar-refractivity contribution < 1.29 is 33.3 Å². The van der Waals surface area contributed by atoms with E-state index < -0.39 is 30.5 Å². The van der Waals surface area contributed by atoms with E-state index in [0.29, 0.717) is 19.4 Å². The van der Waals surface area contributed by atoms with E-state index in [-0.39, 0.29) is 47.4 Å². The van der Waals surface area contributed by atoms with E-state index in [1.165, 1.54) is 0 Å². The number of benzene rings is 2. The van der Waals surface area contributed by atoms with E-state index in [9.17, 15) is 9.59 Å². The molecule has 0 amide bonds. The monoisotopic (exact) mass is 594 g/mol. The van der Waals surface area contributed by atoms with Crippen LogP contribution in [0.4, 0.5) is 0 Å². The molecule has 4 rings (SSSR count). The first-order valence-corrected chi connectivity index (χ1v) is 15.9. The second-order valence-electron chi connectivity index (χ2n) is 12.8. The van der Waals surface area contributed by atoms with Gasteiger partial charge in [-0.05, 0) is 43.4 Å². The van der Waals surface area contributed by atoms with Crippen molar-refractivity contribution in [3.05, 3.63) is 65.7 Å². The summed E-state index contributed by atoms with van der Waals surface area (Å²) in [5, 5.41) is 0. The average molecular weight is 595 g/mol. The zero-order valence-corrected chi connectivity index (χ0v) is 27.0. The molecule has 0 aromatic heterocycles. The fraction of sp³-hybridized carbons (Fsp3) is 0.611. The quantitative estimate of drug-likeness (QED) is 0.328. The lowest BCUT2D eigenvalue weighted by atomic mass is 9.76. The Morgan fingerprint density at radius 2 is 1.47 bits per heavy atom. The van der Waals surface area contributed by atoms with Crippen LogP contribution in [0, 0.1) is 35.5 Å². The molecule has 0 N–H and O–H groups in total. The molecule has 2 saturated heterocycles.